The van der Waals surface area contributed by atoms with Crippen LogP contribution in [0.2, 0.25) is 0 Å². The largest absolute Gasteiger partial charge is 0.477 e. The molecule has 7 nitrogen and oxygen atoms in total. The maximum atomic E-state index is 15.7. The van der Waals surface area contributed by atoms with Gasteiger partial charge in [-0.2, -0.15) is 0 Å². The number of aromatic nitrogens is 1. The molecule has 2 saturated carbocycles. The Morgan fingerprint density at radius 3 is 2.46 bits per heavy atom. The third-order valence-electron chi connectivity index (χ3n) is 6.54. The number of hydrogen-bond acceptors (Lipinski definition) is 5. The molecule has 6 rings (SSSR count). The molecule has 2 saturated heterocycles. The molecule has 148 valence electrons. The normalized spacial score (nSPS) is 26.0. The zero-order chi connectivity index (χ0) is 20.0. The van der Waals surface area contributed by atoms with Gasteiger partial charge in [0.15, 0.2) is 11.6 Å². The highest BCUT2D eigenvalue weighted by molar-refractivity contribution is 6.00. The average Bonchev–Trinajstić information content (AvgIpc) is 3.32. The number of carbonyl (C=O) groups is 1. The van der Waals surface area contributed by atoms with Crippen LogP contribution in [-0.2, 0) is 0 Å². The quantitative estimate of drug-likeness (QED) is 0.686. The molecule has 1 aromatic heterocycles. The van der Waals surface area contributed by atoms with Crippen molar-refractivity contribution in [2.45, 2.75) is 37.8 Å². The van der Waals surface area contributed by atoms with Crippen LogP contribution >= 0.6 is 0 Å². The fourth-order valence-corrected chi connectivity index (χ4v) is 4.87. The lowest BCUT2D eigenvalue weighted by molar-refractivity contribution is 0.0695. The van der Waals surface area contributed by atoms with E-state index in [-0.39, 0.29) is 28.7 Å². The molecule has 4 fully saturated rings. The van der Waals surface area contributed by atoms with E-state index in [1.165, 1.54) is 4.57 Å². The lowest BCUT2D eigenvalue weighted by Gasteiger charge is -2.36. The van der Waals surface area contributed by atoms with E-state index in [1.54, 1.807) is 4.90 Å². The number of pyridine rings is 1. The molecular weight excluding hydrogens is 370 g/mol. The summed E-state index contributed by atoms with van der Waals surface area (Å²) in [5.41, 5.74) is 9.30. The van der Waals surface area contributed by atoms with Gasteiger partial charge in [-0.1, -0.05) is 0 Å². The first-order valence-corrected chi connectivity index (χ1v) is 9.33. The summed E-state index contributed by atoms with van der Waals surface area (Å²) in [4.78, 5) is 25.8. The molecule has 1 aromatic carbocycles. The van der Waals surface area contributed by atoms with Crippen molar-refractivity contribution in [1.82, 2.24) is 4.57 Å². The van der Waals surface area contributed by atoms with Crippen molar-refractivity contribution in [2.75, 3.05) is 23.7 Å². The van der Waals surface area contributed by atoms with Gasteiger partial charge in [0, 0.05) is 30.2 Å². The second-order valence-electron chi connectivity index (χ2n) is 8.32. The number of rotatable bonds is 4. The Morgan fingerprint density at radius 1 is 1.25 bits per heavy atom. The van der Waals surface area contributed by atoms with Gasteiger partial charge < -0.3 is 26.0 Å². The molecule has 9 heteroatoms. The van der Waals surface area contributed by atoms with Crippen LogP contribution in [0.25, 0.3) is 10.9 Å². The number of carboxylic acids is 1. The summed E-state index contributed by atoms with van der Waals surface area (Å²) in [5, 5.41) is 8.95. The zero-order valence-corrected chi connectivity index (χ0v) is 15.0. The smallest absolute Gasteiger partial charge is 0.341 e. The molecule has 2 aromatic rings. The molecule has 0 unspecified atom stereocenters. The van der Waals surface area contributed by atoms with Crippen LogP contribution in [0, 0.1) is 17.0 Å². The summed E-state index contributed by atoms with van der Waals surface area (Å²) >= 11 is 0. The minimum Gasteiger partial charge on any atom is -0.477 e. The zero-order valence-electron chi connectivity index (χ0n) is 15.0. The van der Waals surface area contributed by atoms with Gasteiger partial charge in [0.25, 0.3) is 0 Å². The van der Waals surface area contributed by atoms with Gasteiger partial charge in [-0.3, -0.25) is 4.79 Å². The minimum atomic E-state index is -1.45. The molecule has 0 atom stereocenters. The van der Waals surface area contributed by atoms with E-state index in [2.05, 4.69) is 0 Å². The Morgan fingerprint density at radius 2 is 1.93 bits per heavy atom. The van der Waals surface area contributed by atoms with Gasteiger partial charge in [-0.05, 0) is 32.2 Å². The Kier molecular flexibility index (Phi) is 3.38. The van der Waals surface area contributed by atoms with Gasteiger partial charge in [-0.15, -0.1) is 0 Å². The standard InChI is InChI=1S/C19H20F2N4O3/c20-12-14(23)11-15(24(8-1-2-8)5-10(17(11)26)18(27)28)13(21)16(12)25-7-19(6-22)3-9(25)4-19/h5,8-9H,1-4,6-7,22-23H2,(H,27,28). The highest BCUT2D eigenvalue weighted by Crippen LogP contribution is 2.54. The lowest BCUT2D eigenvalue weighted by Crippen LogP contribution is -2.40. The molecule has 28 heavy (non-hydrogen) atoms. The summed E-state index contributed by atoms with van der Waals surface area (Å²) < 4.78 is 32.3. The molecule has 2 bridgehead atoms. The van der Waals surface area contributed by atoms with E-state index in [0.29, 0.717) is 13.1 Å². The Balaban J connectivity index is 1.81. The van der Waals surface area contributed by atoms with Crippen molar-refractivity contribution >= 4 is 28.2 Å². The average molecular weight is 390 g/mol. The number of carboxylic acid groups (broad SMARTS) is 1. The van der Waals surface area contributed by atoms with Crippen molar-refractivity contribution in [3.05, 3.63) is 33.6 Å². The predicted octanol–water partition coefficient (Wildman–Crippen LogP) is 1.82. The lowest BCUT2D eigenvalue weighted by atomic mass is 9.70. The predicted molar refractivity (Wildman–Crippen MR) is 99.6 cm³/mol. The first-order chi connectivity index (χ1) is 13.3. The molecule has 3 heterocycles. The van der Waals surface area contributed by atoms with Crippen molar-refractivity contribution < 1.29 is 18.7 Å². The van der Waals surface area contributed by atoms with Crippen LogP contribution in [0.1, 0.15) is 42.1 Å². The van der Waals surface area contributed by atoms with Crippen molar-refractivity contribution in [3.8, 4) is 0 Å². The SMILES string of the molecule is NCC12CC(C1)N(c1c(F)c(N)c3c(=O)c(C(=O)O)cn(C4CC4)c3c1F)C2. The fraction of sp³-hybridized carbons (Fsp3) is 0.474. The van der Waals surface area contributed by atoms with Crippen LogP contribution in [-0.4, -0.2) is 34.8 Å². The molecule has 0 spiro atoms. The van der Waals surface area contributed by atoms with Gasteiger partial charge in [-0.25, -0.2) is 13.6 Å². The van der Waals surface area contributed by atoms with Gasteiger partial charge in [0.1, 0.15) is 11.3 Å². The minimum absolute atomic E-state index is 0.0104. The molecule has 2 aliphatic heterocycles. The van der Waals surface area contributed by atoms with E-state index >= 15 is 8.78 Å². The van der Waals surface area contributed by atoms with E-state index in [1.807, 2.05) is 0 Å². The second kappa shape index (κ2) is 5.44. The van der Waals surface area contributed by atoms with Crippen LogP contribution in [0.3, 0.4) is 0 Å². The van der Waals surface area contributed by atoms with Crippen LogP contribution in [0.5, 0.6) is 0 Å². The number of nitrogens with two attached hydrogens (primary N) is 2. The first-order valence-electron chi connectivity index (χ1n) is 9.33. The fourth-order valence-electron chi connectivity index (χ4n) is 4.87. The summed E-state index contributed by atoms with van der Waals surface area (Å²) in [6.45, 7) is 0.884. The van der Waals surface area contributed by atoms with Gasteiger partial charge >= 0.3 is 5.97 Å². The van der Waals surface area contributed by atoms with Crippen LogP contribution in [0.15, 0.2) is 11.0 Å². The monoisotopic (exact) mass is 390 g/mol. The topological polar surface area (TPSA) is 115 Å². The third kappa shape index (κ3) is 2.10. The number of nitrogens with zero attached hydrogens (tertiary/aromatic N) is 2. The number of hydrogen-bond donors (Lipinski definition) is 3. The van der Waals surface area contributed by atoms with Crippen LogP contribution in [0.4, 0.5) is 20.2 Å². The number of anilines is 2. The maximum absolute atomic E-state index is 15.7. The number of halogens is 2. The molecule has 5 N–H and O–H groups in total. The van der Waals surface area contributed by atoms with Crippen LogP contribution < -0.4 is 21.8 Å². The van der Waals surface area contributed by atoms with Gasteiger partial charge in [0.05, 0.1) is 16.6 Å². The van der Waals surface area contributed by atoms with Crippen molar-refractivity contribution in [2.24, 2.45) is 11.1 Å². The Hall–Kier alpha value is -2.68. The summed E-state index contributed by atoms with van der Waals surface area (Å²) in [6, 6.07) is -0.139. The molecule has 4 aliphatic rings. The van der Waals surface area contributed by atoms with E-state index < -0.39 is 39.7 Å². The first kappa shape index (κ1) is 17.4. The Labute approximate surface area is 158 Å². The van der Waals surface area contributed by atoms with E-state index in [0.717, 1.165) is 31.9 Å². The number of benzene rings is 1. The molecular formula is C19H20F2N4O3. The molecule has 0 radical (unpaired) electrons. The second-order valence-corrected chi connectivity index (χ2v) is 8.32. The maximum Gasteiger partial charge on any atom is 0.341 e. The highest BCUT2D eigenvalue weighted by Gasteiger charge is 2.55. The Bertz CT molecular complexity index is 1100. The molecule has 0 amide bonds. The summed E-state index contributed by atoms with van der Waals surface area (Å²) in [5.74, 6) is -3.31. The number of fused-ring (bicyclic) bond motifs is 2. The van der Waals surface area contributed by atoms with E-state index in [4.69, 9.17) is 11.5 Å². The number of aromatic carboxylic acids is 1. The van der Waals surface area contributed by atoms with Crippen molar-refractivity contribution in [3.63, 3.8) is 0 Å². The summed E-state index contributed by atoms with van der Waals surface area (Å²) in [7, 11) is 0. The number of nitrogen functional groups attached to an aromatic ring is 1. The van der Waals surface area contributed by atoms with E-state index in [9.17, 15) is 14.7 Å². The third-order valence-corrected chi connectivity index (χ3v) is 6.54. The molecule has 2 aliphatic carbocycles. The van der Waals surface area contributed by atoms with Gasteiger partial charge in [0.2, 0.25) is 5.43 Å². The van der Waals surface area contributed by atoms with Crippen molar-refractivity contribution in [1.29, 1.82) is 0 Å². The highest BCUT2D eigenvalue weighted by atomic mass is 19.1. The summed E-state index contributed by atoms with van der Waals surface area (Å²) in [6.07, 6.45) is 4.15.